The molecule has 1 aromatic carbocycles. The van der Waals surface area contributed by atoms with Crippen molar-refractivity contribution in [1.82, 2.24) is 0 Å². The van der Waals surface area contributed by atoms with Crippen molar-refractivity contribution >= 4 is 23.4 Å². The van der Waals surface area contributed by atoms with E-state index in [1.165, 1.54) is 0 Å². The number of aromatic amines is 1. The molecule has 2 rings (SSSR count). The lowest BCUT2D eigenvalue weighted by atomic mass is 10.1. The van der Waals surface area contributed by atoms with Gasteiger partial charge in [0.2, 0.25) is 5.75 Å². The molecule has 0 amide bonds. The van der Waals surface area contributed by atoms with Crippen LogP contribution in [0.25, 0.3) is 10.8 Å². The quantitative estimate of drug-likeness (QED) is 0.554. The van der Waals surface area contributed by atoms with Crippen molar-refractivity contribution < 1.29 is 15.2 Å². The highest BCUT2D eigenvalue weighted by atomic mass is 32.1. The molecule has 1 heterocycles. The van der Waals surface area contributed by atoms with Gasteiger partial charge in [0.1, 0.15) is 0 Å². The van der Waals surface area contributed by atoms with Crippen LogP contribution in [-0.4, -0.2) is 10.2 Å². The minimum Gasteiger partial charge on any atom is -0.499 e. The molecule has 0 aliphatic heterocycles. The highest BCUT2D eigenvalue weighted by Crippen LogP contribution is 2.30. The van der Waals surface area contributed by atoms with E-state index in [-0.39, 0.29) is 11.6 Å². The number of fused-ring (bicyclic) bond motifs is 1. The summed E-state index contributed by atoms with van der Waals surface area (Å²) in [5, 5.41) is 20.1. The fourth-order valence-corrected chi connectivity index (χ4v) is 1.42. The molecule has 66 valence electrons. The lowest BCUT2D eigenvalue weighted by Crippen LogP contribution is -2.00. The summed E-state index contributed by atoms with van der Waals surface area (Å²) in [7, 11) is 0. The van der Waals surface area contributed by atoms with E-state index in [0.29, 0.717) is 5.39 Å². The predicted molar refractivity (Wildman–Crippen MR) is 51.1 cm³/mol. The number of pyridine rings is 1. The summed E-state index contributed by atoms with van der Waals surface area (Å²) in [6, 6.07) is 5.32. The second-order valence-electron chi connectivity index (χ2n) is 2.76. The van der Waals surface area contributed by atoms with Crippen molar-refractivity contribution in [3.8, 4) is 11.6 Å². The molecule has 13 heavy (non-hydrogen) atoms. The zero-order valence-electron chi connectivity index (χ0n) is 6.65. The number of benzene rings is 1. The number of aromatic nitrogens is 1. The van der Waals surface area contributed by atoms with E-state index in [1.807, 2.05) is 12.1 Å². The van der Waals surface area contributed by atoms with Gasteiger partial charge in [-0.3, -0.25) is 0 Å². The molecule has 0 fully saturated rings. The highest BCUT2D eigenvalue weighted by molar-refractivity contribution is 7.80. The first-order valence-corrected chi connectivity index (χ1v) is 4.18. The molecule has 0 saturated carbocycles. The predicted octanol–water partition coefficient (Wildman–Crippen LogP) is 1.35. The first kappa shape index (κ1) is 8.19. The van der Waals surface area contributed by atoms with Crippen LogP contribution in [0.3, 0.4) is 0 Å². The van der Waals surface area contributed by atoms with E-state index in [4.69, 9.17) is 0 Å². The van der Waals surface area contributed by atoms with Crippen LogP contribution in [0, 0.1) is 0 Å². The molecule has 0 bridgehead atoms. The van der Waals surface area contributed by atoms with Crippen molar-refractivity contribution in [1.29, 1.82) is 0 Å². The van der Waals surface area contributed by atoms with Gasteiger partial charge in [0, 0.05) is 15.7 Å². The number of H-pyrrole nitrogens is 1. The van der Waals surface area contributed by atoms with Crippen LogP contribution in [-0.2, 0) is 0 Å². The Morgan fingerprint density at radius 1 is 1.23 bits per heavy atom. The zero-order valence-corrected chi connectivity index (χ0v) is 7.55. The van der Waals surface area contributed by atoms with Crippen LogP contribution in [0.15, 0.2) is 29.3 Å². The van der Waals surface area contributed by atoms with Gasteiger partial charge in [-0.05, 0) is 18.2 Å². The molecule has 3 nitrogen and oxygen atoms in total. The Kier molecular flexibility index (Phi) is 1.77. The van der Waals surface area contributed by atoms with Gasteiger partial charge in [-0.1, -0.05) is 0 Å². The maximum absolute atomic E-state index is 9.47. The molecule has 0 spiro atoms. The molecule has 0 unspecified atom stereocenters. The Hall–Kier alpha value is -1.42. The van der Waals surface area contributed by atoms with Gasteiger partial charge >= 0.3 is 5.88 Å². The lowest BCUT2D eigenvalue weighted by Gasteiger charge is -1.98. The molecule has 0 radical (unpaired) electrons. The SMILES string of the molecule is Oc1[nH+]cc2ccc(S)cc2c1O. The Bertz CT molecular complexity index is 465. The van der Waals surface area contributed by atoms with Crippen LogP contribution in [0.1, 0.15) is 0 Å². The minimum atomic E-state index is -0.230. The van der Waals surface area contributed by atoms with E-state index in [1.54, 1.807) is 12.3 Å². The van der Waals surface area contributed by atoms with Crippen molar-refractivity contribution in [3.05, 3.63) is 24.4 Å². The number of hydrogen-bond donors (Lipinski definition) is 3. The van der Waals surface area contributed by atoms with Gasteiger partial charge in [0.05, 0.1) is 0 Å². The summed E-state index contributed by atoms with van der Waals surface area (Å²) in [5.74, 6) is -0.375. The summed E-state index contributed by atoms with van der Waals surface area (Å²) in [6.45, 7) is 0. The minimum absolute atomic E-state index is 0.145. The highest BCUT2D eigenvalue weighted by Gasteiger charge is 2.11. The molecule has 2 aromatic rings. The van der Waals surface area contributed by atoms with Crippen molar-refractivity contribution in [2.45, 2.75) is 4.90 Å². The third-order valence-corrected chi connectivity index (χ3v) is 2.16. The lowest BCUT2D eigenvalue weighted by molar-refractivity contribution is -0.393. The Morgan fingerprint density at radius 2 is 2.00 bits per heavy atom. The average molecular weight is 194 g/mol. The summed E-state index contributed by atoms with van der Waals surface area (Å²) in [4.78, 5) is 3.29. The normalized spacial score (nSPS) is 10.5. The molecule has 4 heteroatoms. The molecular formula is C9H8NO2S+. The van der Waals surface area contributed by atoms with Crippen molar-refractivity contribution in [2.24, 2.45) is 0 Å². The molecule has 0 atom stereocenters. The second-order valence-corrected chi connectivity index (χ2v) is 3.27. The number of nitrogens with one attached hydrogen (secondary N) is 1. The maximum atomic E-state index is 9.47. The summed E-state index contributed by atoms with van der Waals surface area (Å²) in [6.07, 6.45) is 1.62. The Balaban J connectivity index is 2.89. The largest absolute Gasteiger partial charge is 0.499 e. The fourth-order valence-electron chi connectivity index (χ4n) is 1.22. The topological polar surface area (TPSA) is 54.6 Å². The summed E-state index contributed by atoms with van der Waals surface area (Å²) < 4.78 is 0. The third-order valence-electron chi connectivity index (χ3n) is 1.88. The van der Waals surface area contributed by atoms with Crippen molar-refractivity contribution in [3.63, 3.8) is 0 Å². The van der Waals surface area contributed by atoms with E-state index in [9.17, 15) is 10.2 Å². The van der Waals surface area contributed by atoms with Crippen LogP contribution < -0.4 is 4.98 Å². The van der Waals surface area contributed by atoms with Crippen LogP contribution in [0.4, 0.5) is 0 Å². The van der Waals surface area contributed by atoms with E-state index >= 15 is 0 Å². The van der Waals surface area contributed by atoms with Gasteiger partial charge in [0.25, 0.3) is 0 Å². The smallest absolute Gasteiger partial charge is 0.407 e. The first-order valence-electron chi connectivity index (χ1n) is 3.74. The van der Waals surface area contributed by atoms with E-state index < -0.39 is 0 Å². The average Bonchev–Trinajstić information content (AvgIpc) is 2.12. The van der Waals surface area contributed by atoms with E-state index in [2.05, 4.69) is 17.6 Å². The molecule has 0 saturated heterocycles. The standard InChI is InChI=1S/C9H7NO2S/c11-8-7-3-6(13)2-1-5(7)4-10-9(8)12/h1-4,11,13H,(H,10,12)/p+1. The number of rotatable bonds is 0. The van der Waals surface area contributed by atoms with Crippen LogP contribution in [0.2, 0.25) is 0 Å². The maximum Gasteiger partial charge on any atom is 0.407 e. The van der Waals surface area contributed by atoms with Gasteiger partial charge in [-0.25, -0.2) is 0 Å². The number of aromatic hydroxyl groups is 2. The van der Waals surface area contributed by atoms with Gasteiger partial charge in [-0.15, -0.1) is 12.6 Å². The summed E-state index contributed by atoms with van der Waals surface area (Å²) in [5.41, 5.74) is 0. The first-order chi connectivity index (χ1) is 6.18. The molecule has 0 aliphatic rings. The van der Waals surface area contributed by atoms with E-state index in [0.717, 1.165) is 10.3 Å². The molecule has 3 N–H and O–H groups in total. The van der Waals surface area contributed by atoms with Gasteiger partial charge in [-0.2, -0.15) is 4.98 Å². The molecular weight excluding hydrogens is 186 g/mol. The number of thiol groups is 1. The van der Waals surface area contributed by atoms with Crippen LogP contribution >= 0.6 is 12.6 Å². The van der Waals surface area contributed by atoms with Gasteiger partial charge in [0.15, 0.2) is 6.20 Å². The Morgan fingerprint density at radius 3 is 2.77 bits per heavy atom. The Labute approximate surface area is 80.1 Å². The molecule has 1 aromatic heterocycles. The number of hydrogen-bond acceptors (Lipinski definition) is 3. The third kappa shape index (κ3) is 1.29. The molecule has 0 aliphatic carbocycles. The fraction of sp³-hybridized carbons (Fsp3) is 0. The van der Waals surface area contributed by atoms with Crippen LogP contribution in [0.5, 0.6) is 11.6 Å². The zero-order chi connectivity index (χ0) is 9.42. The van der Waals surface area contributed by atoms with Crippen molar-refractivity contribution in [2.75, 3.05) is 0 Å². The summed E-state index contributed by atoms with van der Waals surface area (Å²) >= 11 is 4.14. The second kappa shape index (κ2) is 2.81. The van der Waals surface area contributed by atoms with Gasteiger partial charge < -0.3 is 10.2 Å². The monoisotopic (exact) mass is 194 g/mol.